The monoisotopic (exact) mass is 970 g/mol. The number of amides is 1. The minimum atomic E-state index is -4.32. The van der Waals surface area contributed by atoms with Crippen LogP contribution in [-0.2, 0) is 18.4 Å². The van der Waals surface area contributed by atoms with Gasteiger partial charge in [-0.3, -0.25) is 13.8 Å². The summed E-state index contributed by atoms with van der Waals surface area (Å²) in [6.07, 6.45) is 61.3. The Morgan fingerprint density at radius 3 is 1.15 bits per heavy atom. The second-order valence-electron chi connectivity index (χ2n) is 21.7. The van der Waals surface area contributed by atoms with Crippen molar-refractivity contribution in [3.8, 4) is 0 Å². The standard InChI is InChI=1S/C58H117N2O6P/c1-6-8-10-12-14-16-18-20-22-24-26-27-28-29-30-31-32-33-34-35-37-39-41-43-45-47-49-51-57(61)56(55-66-67(63,64)65-54-53-60(3,4)5)59-58(62)52-50-48-46-44-42-40-38-36-25-23-21-19-17-15-13-11-9-7-2/h23,25,56-57,61H,6-22,24,26-55H2,1-5H3,(H-,59,62,63,64)/p+1/b25-23-. The summed E-state index contributed by atoms with van der Waals surface area (Å²) in [5.74, 6) is -0.144. The molecule has 0 aliphatic rings. The van der Waals surface area contributed by atoms with Gasteiger partial charge in [0.25, 0.3) is 0 Å². The number of aliphatic hydroxyl groups excluding tert-OH is 1. The first kappa shape index (κ1) is 66.2. The third kappa shape index (κ3) is 52.9. The van der Waals surface area contributed by atoms with Gasteiger partial charge in [0.1, 0.15) is 13.2 Å². The van der Waals surface area contributed by atoms with E-state index in [-0.39, 0.29) is 19.1 Å². The first-order valence-corrected chi connectivity index (χ1v) is 31.0. The summed E-state index contributed by atoms with van der Waals surface area (Å²) in [6.45, 7) is 4.93. The average Bonchev–Trinajstić information content (AvgIpc) is 3.29. The first-order valence-electron chi connectivity index (χ1n) is 29.6. The summed E-state index contributed by atoms with van der Waals surface area (Å²) in [4.78, 5) is 23.3. The number of likely N-dealkylation sites (N-methyl/N-ethyl adjacent to an activating group) is 1. The van der Waals surface area contributed by atoms with Crippen LogP contribution < -0.4 is 5.32 Å². The topological polar surface area (TPSA) is 105 Å². The molecule has 1 amide bonds. The van der Waals surface area contributed by atoms with Gasteiger partial charge in [-0.2, -0.15) is 0 Å². The SMILES string of the molecule is CCCCCCCCC/C=C\CCCCCCCCCC(=O)NC(COP(=O)(O)OCC[N+](C)(C)C)C(O)CCCCCCCCCCCCCCCCCCCCCCCCCCCCC. The van der Waals surface area contributed by atoms with Crippen molar-refractivity contribution in [2.75, 3.05) is 40.9 Å². The number of carbonyl (C=O) groups is 1. The average molecular weight is 971 g/mol. The van der Waals surface area contributed by atoms with E-state index in [1.54, 1.807) is 0 Å². The molecule has 0 aromatic rings. The Labute approximate surface area is 418 Å². The number of aliphatic hydroxyl groups is 1. The lowest BCUT2D eigenvalue weighted by molar-refractivity contribution is -0.870. The van der Waals surface area contributed by atoms with E-state index in [1.807, 2.05) is 21.1 Å². The van der Waals surface area contributed by atoms with Crippen molar-refractivity contribution in [1.82, 2.24) is 5.32 Å². The van der Waals surface area contributed by atoms with Gasteiger partial charge in [0.2, 0.25) is 5.91 Å². The van der Waals surface area contributed by atoms with Crippen molar-refractivity contribution in [3.63, 3.8) is 0 Å². The number of nitrogens with zero attached hydrogens (tertiary/aromatic N) is 1. The predicted molar refractivity (Wildman–Crippen MR) is 291 cm³/mol. The Balaban J connectivity index is 4.10. The van der Waals surface area contributed by atoms with E-state index in [1.165, 1.54) is 238 Å². The molecule has 0 aromatic heterocycles. The molecule has 0 saturated carbocycles. The van der Waals surface area contributed by atoms with Gasteiger partial charge in [-0.1, -0.05) is 270 Å². The van der Waals surface area contributed by atoms with Crippen molar-refractivity contribution in [2.24, 2.45) is 0 Å². The van der Waals surface area contributed by atoms with Gasteiger partial charge < -0.3 is 19.8 Å². The van der Waals surface area contributed by atoms with E-state index in [9.17, 15) is 19.4 Å². The summed E-state index contributed by atoms with van der Waals surface area (Å²) >= 11 is 0. The van der Waals surface area contributed by atoms with Gasteiger partial charge in [-0.05, 0) is 38.5 Å². The quantitative estimate of drug-likeness (QED) is 0.0243. The molecule has 3 atom stereocenters. The van der Waals surface area contributed by atoms with Crippen LogP contribution in [0.5, 0.6) is 0 Å². The molecule has 0 aliphatic carbocycles. The Bertz CT molecular complexity index is 1100. The summed E-state index contributed by atoms with van der Waals surface area (Å²) in [7, 11) is 1.63. The summed E-state index contributed by atoms with van der Waals surface area (Å²) in [5.41, 5.74) is 0. The normalized spacial score (nSPS) is 14.0. The molecule has 0 aromatic carbocycles. The Hall–Kier alpha value is -0.760. The minimum absolute atomic E-state index is 0.0763. The highest BCUT2D eigenvalue weighted by Crippen LogP contribution is 2.43. The number of hydrogen-bond donors (Lipinski definition) is 3. The molecule has 8 nitrogen and oxygen atoms in total. The number of unbranched alkanes of at least 4 members (excludes halogenated alkanes) is 40. The number of carbonyl (C=O) groups excluding carboxylic acids is 1. The molecule has 0 saturated heterocycles. The number of allylic oxidation sites excluding steroid dienone is 2. The second kappa shape index (κ2) is 50.2. The number of quaternary nitrogens is 1. The zero-order chi connectivity index (χ0) is 49.2. The number of phosphoric ester groups is 1. The van der Waals surface area contributed by atoms with Crippen LogP contribution in [0.1, 0.15) is 303 Å². The molecule has 9 heteroatoms. The number of nitrogens with one attached hydrogen (secondary N) is 1. The van der Waals surface area contributed by atoms with Crippen LogP contribution in [-0.4, -0.2) is 73.4 Å². The fraction of sp³-hybridized carbons (Fsp3) is 0.948. The molecule has 0 fully saturated rings. The lowest BCUT2D eigenvalue weighted by atomic mass is 10.0. The van der Waals surface area contributed by atoms with Gasteiger partial charge in [-0.15, -0.1) is 0 Å². The maximum atomic E-state index is 13.0. The molecule has 3 unspecified atom stereocenters. The molecular weight excluding hydrogens is 852 g/mol. The third-order valence-corrected chi connectivity index (χ3v) is 14.7. The maximum Gasteiger partial charge on any atom is 0.472 e. The number of rotatable bonds is 55. The van der Waals surface area contributed by atoms with E-state index in [0.29, 0.717) is 23.9 Å². The van der Waals surface area contributed by atoms with E-state index in [0.717, 1.165) is 38.5 Å². The molecular formula is C58H118N2O6P+. The van der Waals surface area contributed by atoms with Crippen molar-refractivity contribution in [3.05, 3.63) is 12.2 Å². The zero-order valence-corrected chi connectivity index (χ0v) is 46.6. The first-order chi connectivity index (χ1) is 32.5. The summed E-state index contributed by atoms with van der Waals surface area (Å²) in [6, 6.07) is -0.761. The molecule has 400 valence electrons. The molecule has 3 N–H and O–H groups in total. The highest BCUT2D eigenvalue weighted by Gasteiger charge is 2.28. The van der Waals surface area contributed by atoms with Crippen molar-refractivity contribution in [2.45, 2.75) is 315 Å². The minimum Gasteiger partial charge on any atom is -0.391 e. The van der Waals surface area contributed by atoms with Crippen LogP contribution in [0.25, 0.3) is 0 Å². The molecule has 0 heterocycles. The van der Waals surface area contributed by atoms with Gasteiger partial charge in [0.05, 0.1) is 39.9 Å². The maximum absolute atomic E-state index is 13.0. The summed E-state index contributed by atoms with van der Waals surface area (Å²) in [5, 5.41) is 14.1. The zero-order valence-electron chi connectivity index (χ0n) is 45.7. The highest BCUT2D eigenvalue weighted by molar-refractivity contribution is 7.47. The van der Waals surface area contributed by atoms with E-state index >= 15 is 0 Å². The van der Waals surface area contributed by atoms with Crippen LogP contribution in [0.3, 0.4) is 0 Å². The van der Waals surface area contributed by atoms with E-state index < -0.39 is 20.0 Å². The van der Waals surface area contributed by atoms with Crippen LogP contribution in [0.15, 0.2) is 12.2 Å². The van der Waals surface area contributed by atoms with Crippen molar-refractivity contribution in [1.29, 1.82) is 0 Å². The fourth-order valence-electron chi connectivity index (χ4n) is 9.10. The largest absolute Gasteiger partial charge is 0.472 e. The highest BCUT2D eigenvalue weighted by atomic mass is 31.2. The number of hydrogen-bond acceptors (Lipinski definition) is 5. The summed E-state index contributed by atoms with van der Waals surface area (Å²) < 4.78 is 23.8. The second-order valence-corrected chi connectivity index (χ2v) is 23.2. The molecule has 0 rings (SSSR count). The molecule has 67 heavy (non-hydrogen) atoms. The Kier molecular flexibility index (Phi) is 49.6. The lowest BCUT2D eigenvalue weighted by Crippen LogP contribution is -2.46. The van der Waals surface area contributed by atoms with Gasteiger partial charge >= 0.3 is 7.82 Å². The molecule has 0 aliphatic heterocycles. The molecule has 0 radical (unpaired) electrons. The molecule has 0 bridgehead atoms. The van der Waals surface area contributed by atoms with Gasteiger partial charge in [-0.25, -0.2) is 4.57 Å². The van der Waals surface area contributed by atoms with Crippen LogP contribution in [0.4, 0.5) is 0 Å². The number of phosphoric acid groups is 1. The van der Waals surface area contributed by atoms with Crippen molar-refractivity contribution >= 4 is 13.7 Å². The molecule has 0 spiro atoms. The van der Waals surface area contributed by atoms with Gasteiger partial charge in [0, 0.05) is 6.42 Å². The van der Waals surface area contributed by atoms with Crippen LogP contribution in [0.2, 0.25) is 0 Å². The lowest BCUT2D eigenvalue weighted by Gasteiger charge is -2.26. The Morgan fingerprint density at radius 1 is 0.493 bits per heavy atom. The smallest absolute Gasteiger partial charge is 0.391 e. The van der Waals surface area contributed by atoms with Gasteiger partial charge in [0.15, 0.2) is 0 Å². The van der Waals surface area contributed by atoms with Crippen LogP contribution >= 0.6 is 7.82 Å². The van der Waals surface area contributed by atoms with E-state index in [2.05, 4.69) is 31.3 Å². The Morgan fingerprint density at radius 2 is 0.806 bits per heavy atom. The fourth-order valence-corrected chi connectivity index (χ4v) is 9.84. The van der Waals surface area contributed by atoms with E-state index in [4.69, 9.17) is 9.05 Å². The van der Waals surface area contributed by atoms with Crippen LogP contribution in [0, 0.1) is 0 Å². The predicted octanol–water partition coefficient (Wildman–Crippen LogP) is 17.8. The third-order valence-electron chi connectivity index (χ3n) is 13.8. The van der Waals surface area contributed by atoms with Crippen molar-refractivity contribution < 1.29 is 32.9 Å².